The number of aryl methyl sites for hydroxylation is 2. The number of fused-ring (bicyclic) bond motifs is 1. The molecule has 0 spiro atoms. The topological polar surface area (TPSA) is 8.81 Å². The van der Waals surface area contributed by atoms with Crippen LogP contribution in [0.1, 0.15) is 23.5 Å². The molecular formula is C14H16ClN2+. The van der Waals surface area contributed by atoms with E-state index in [1.54, 1.807) is 0 Å². The second kappa shape index (κ2) is 4.19. The van der Waals surface area contributed by atoms with Crippen LogP contribution in [0.4, 0.5) is 0 Å². The van der Waals surface area contributed by atoms with E-state index >= 15 is 0 Å². The molecule has 3 heteroatoms. The summed E-state index contributed by atoms with van der Waals surface area (Å²) in [4.78, 5) is 0. The average molecular weight is 248 g/mol. The number of imidazole rings is 1. The van der Waals surface area contributed by atoms with Crippen molar-refractivity contribution < 1.29 is 4.57 Å². The summed E-state index contributed by atoms with van der Waals surface area (Å²) in [5.41, 5.74) is 2.65. The van der Waals surface area contributed by atoms with Crippen LogP contribution in [0, 0.1) is 6.92 Å². The zero-order valence-corrected chi connectivity index (χ0v) is 10.7. The van der Waals surface area contributed by atoms with Crippen molar-refractivity contribution in [2.24, 2.45) is 0 Å². The van der Waals surface area contributed by atoms with Gasteiger partial charge in [0.1, 0.15) is 18.4 Å². The summed E-state index contributed by atoms with van der Waals surface area (Å²) in [6.07, 6.45) is 4.73. The minimum absolute atomic E-state index is 0.803. The van der Waals surface area contributed by atoms with Crippen LogP contribution in [0.25, 0.3) is 0 Å². The predicted octanol–water partition coefficient (Wildman–Crippen LogP) is 2.73. The summed E-state index contributed by atoms with van der Waals surface area (Å²) in [5, 5.41) is 0.803. The van der Waals surface area contributed by atoms with E-state index in [0.29, 0.717) is 0 Å². The highest BCUT2D eigenvalue weighted by molar-refractivity contribution is 6.30. The zero-order chi connectivity index (χ0) is 11.8. The highest BCUT2D eigenvalue weighted by atomic mass is 35.5. The second-order valence-electron chi connectivity index (χ2n) is 4.70. The van der Waals surface area contributed by atoms with Gasteiger partial charge in [0.25, 0.3) is 5.82 Å². The Morgan fingerprint density at radius 3 is 2.82 bits per heavy atom. The van der Waals surface area contributed by atoms with Gasteiger partial charge in [-0.2, -0.15) is 0 Å². The van der Waals surface area contributed by atoms with Crippen LogP contribution in [0.15, 0.2) is 30.5 Å². The smallest absolute Gasteiger partial charge is 0.234 e. The molecule has 0 bridgehead atoms. The number of nitrogens with zero attached hydrogens (tertiary/aromatic N) is 2. The first-order chi connectivity index (χ1) is 8.24. The molecule has 17 heavy (non-hydrogen) atoms. The Kier molecular flexibility index (Phi) is 2.67. The summed E-state index contributed by atoms with van der Waals surface area (Å²) >= 11 is 5.91. The van der Waals surface area contributed by atoms with Gasteiger partial charge in [-0.25, -0.2) is 9.13 Å². The first-order valence-corrected chi connectivity index (χ1v) is 6.45. The lowest BCUT2D eigenvalue weighted by Crippen LogP contribution is -2.30. The van der Waals surface area contributed by atoms with Crippen LogP contribution in [0.2, 0.25) is 5.02 Å². The molecule has 0 atom stereocenters. The van der Waals surface area contributed by atoms with Crippen LogP contribution in [0.5, 0.6) is 0 Å². The number of hydrogen-bond donors (Lipinski definition) is 0. The summed E-state index contributed by atoms with van der Waals surface area (Å²) in [5.74, 6) is 1.46. The molecule has 3 rings (SSSR count). The van der Waals surface area contributed by atoms with Crippen molar-refractivity contribution in [1.29, 1.82) is 0 Å². The third kappa shape index (κ3) is 1.98. The lowest BCUT2D eigenvalue weighted by Gasteiger charge is -2.02. The Hall–Kier alpha value is -1.28. The van der Waals surface area contributed by atoms with Gasteiger partial charge in [0, 0.05) is 11.9 Å². The maximum atomic E-state index is 5.91. The lowest BCUT2D eigenvalue weighted by atomic mass is 10.2. The van der Waals surface area contributed by atoms with Gasteiger partial charge < -0.3 is 0 Å². The third-order valence-corrected chi connectivity index (χ3v) is 3.72. The number of hydrogen-bond acceptors (Lipinski definition) is 0. The fourth-order valence-corrected chi connectivity index (χ4v) is 2.72. The number of benzene rings is 1. The largest absolute Gasteiger partial charge is 0.257 e. The fraction of sp³-hybridized carbons (Fsp3) is 0.357. The van der Waals surface area contributed by atoms with Gasteiger partial charge in [-0.15, -0.1) is 0 Å². The predicted molar refractivity (Wildman–Crippen MR) is 68.2 cm³/mol. The minimum atomic E-state index is 0.803. The molecule has 0 aliphatic carbocycles. The summed E-state index contributed by atoms with van der Waals surface area (Å²) in [6.45, 7) is 4.30. The average Bonchev–Trinajstić information content (AvgIpc) is 2.85. The Labute approximate surface area is 106 Å². The molecule has 1 aromatic carbocycles. The molecule has 88 valence electrons. The second-order valence-corrected chi connectivity index (χ2v) is 5.13. The molecule has 0 fully saturated rings. The minimum Gasteiger partial charge on any atom is -0.234 e. The standard InChI is InChI=1S/C14H16ClN2/c1-11-9-16-8-2-3-14(16)17(11)10-12-4-6-13(15)7-5-12/h4-7,9H,2-3,8,10H2,1H3/q+1. The van der Waals surface area contributed by atoms with Gasteiger partial charge in [-0.3, -0.25) is 0 Å². The van der Waals surface area contributed by atoms with Gasteiger partial charge in [0.15, 0.2) is 0 Å². The summed E-state index contributed by atoms with van der Waals surface area (Å²) in [6, 6.07) is 8.13. The highest BCUT2D eigenvalue weighted by Crippen LogP contribution is 2.15. The number of halogens is 1. The van der Waals surface area contributed by atoms with E-state index in [-0.39, 0.29) is 0 Å². The molecule has 2 nitrogen and oxygen atoms in total. The fourth-order valence-electron chi connectivity index (χ4n) is 2.60. The normalized spacial score (nSPS) is 14.0. The van der Waals surface area contributed by atoms with E-state index < -0.39 is 0 Å². The van der Waals surface area contributed by atoms with Crippen molar-refractivity contribution in [3.05, 3.63) is 52.6 Å². The molecule has 0 saturated carbocycles. The molecule has 2 aromatic rings. The quantitative estimate of drug-likeness (QED) is 0.722. The Balaban J connectivity index is 1.92. The number of rotatable bonds is 2. The van der Waals surface area contributed by atoms with Crippen LogP contribution in [0.3, 0.4) is 0 Å². The number of aromatic nitrogens is 2. The summed E-state index contributed by atoms with van der Waals surface area (Å²) < 4.78 is 4.79. The molecule has 0 saturated heterocycles. The first kappa shape index (κ1) is 10.8. The van der Waals surface area contributed by atoms with Gasteiger partial charge in [0.05, 0.1) is 13.0 Å². The molecule has 0 radical (unpaired) electrons. The first-order valence-electron chi connectivity index (χ1n) is 6.07. The molecule has 1 aromatic heterocycles. The van der Waals surface area contributed by atoms with Gasteiger partial charge in [-0.05, 0) is 24.1 Å². The van der Waals surface area contributed by atoms with Crippen LogP contribution < -0.4 is 4.57 Å². The van der Waals surface area contributed by atoms with Crippen molar-refractivity contribution in [3.63, 3.8) is 0 Å². The van der Waals surface area contributed by atoms with Crippen molar-refractivity contribution in [3.8, 4) is 0 Å². The van der Waals surface area contributed by atoms with E-state index in [1.807, 2.05) is 12.1 Å². The Morgan fingerprint density at radius 1 is 1.29 bits per heavy atom. The monoisotopic (exact) mass is 247 g/mol. The van der Waals surface area contributed by atoms with Crippen molar-refractivity contribution in [2.45, 2.75) is 32.9 Å². The van der Waals surface area contributed by atoms with Crippen molar-refractivity contribution >= 4 is 11.6 Å². The van der Waals surface area contributed by atoms with Gasteiger partial charge in [-0.1, -0.05) is 23.7 Å². The molecule has 1 aliphatic heterocycles. The van der Waals surface area contributed by atoms with Crippen LogP contribution in [-0.2, 0) is 19.5 Å². The highest BCUT2D eigenvalue weighted by Gasteiger charge is 2.25. The molecule has 0 N–H and O–H groups in total. The van der Waals surface area contributed by atoms with E-state index in [0.717, 1.165) is 11.6 Å². The maximum Gasteiger partial charge on any atom is 0.257 e. The Morgan fingerprint density at radius 2 is 2.06 bits per heavy atom. The van der Waals surface area contributed by atoms with E-state index in [1.165, 1.54) is 36.5 Å². The summed E-state index contributed by atoms with van der Waals surface area (Å²) in [7, 11) is 0. The molecule has 1 aliphatic rings. The van der Waals surface area contributed by atoms with E-state index in [4.69, 9.17) is 11.6 Å². The molecule has 2 heterocycles. The Bertz CT molecular complexity index is 540. The zero-order valence-electron chi connectivity index (χ0n) is 9.99. The SMILES string of the molecule is Cc1c[n+]2c(n1Cc1ccc(Cl)cc1)CCC2. The molecular weight excluding hydrogens is 232 g/mol. The van der Waals surface area contributed by atoms with E-state index in [9.17, 15) is 0 Å². The van der Waals surface area contributed by atoms with Crippen molar-refractivity contribution in [2.75, 3.05) is 0 Å². The molecule has 0 amide bonds. The molecule has 0 unspecified atom stereocenters. The van der Waals surface area contributed by atoms with Crippen LogP contribution >= 0.6 is 11.6 Å². The van der Waals surface area contributed by atoms with Crippen LogP contribution in [-0.4, -0.2) is 4.57 Å². The third-order valence-electron chi connectivity index (χ3n) is 3.46. The lowest BCUT2D eigenvalue weighted by molar-refractivity contribution is -0.690. The van der Waals surface area contributed by atoms with Crippen molar-refractivity contribution in [1.82, 2.24) is 4.57 Å². The van der Waals surface area contributed by atoms with Gasteiger partial charge >= 0.3 is 0 Å². The maximum absolute atomic E-state index is 5.91. The van der Waals surface area contributed by atoms with Gasteiger partial charge in [0.2, 0.25) is 0 Å². The van der Waals surface area contributed by atoms with E-state index in [2.05, 4.69) is 34.4 Å².